The maximum atomic E-state index is 5.33. The molecule has 1 heterocycles. The van der Waals surface area contributed by atoms with Crippen LogP contribution in [0, 0.1) is 12.8 Å². The molecule has 0 amide bonds. The third kappa shape index (κ3) is 2.38. The highest BCUT2D eigenvalue weighted by Gasteiger charge is 2.22. The Kier molecular flexibility index (Phi) is 2.92. The zero-order valence-corrected chi connectivity index (χ0v) is 9.05. The standard InChI is InChI=1S/C12H19NO/c1-9-7-11(8-14-9)12(13-2)6-5-10-3-4-10/h7-8,10,12-13H,3-6H2,1-2H3. The van der Waals surface area contributed by atoms with Gasteiger partial charge < -0.3 is 9.73 Å². The van der Waals surface area contributed by atoms with E-state index < -0.39 is 0 Å². The maximum Gasteiger partial charge on any atom is 0.101 e. The van der Waals surface area contributed by atoms with Crippen LogP contribution in [0.4, 0.5) is 0 Å². The summed E-state index contributed by atoms with van der Waals surface area (Å²) < 4.78 is 5.33. The highest BCUT2D eigenvalue weighted by Crippen LogP contribution is 2.35. The van der Waals surface area contributed by atoms with Crippen LogP contribution in [0.1, 0.15) is 43.0 Å². The summed E-state index contributed by atoms with van der Waals surface area (Å²) in [6, 6.07) is 2.61. The van der Waals surface area contributed by atoms with Gasteiger partial charge in [0.1, 0.15) is 5.76 Å². The van der Waals surface area contributed by atoms with Gasteiger partial charge in [-0.1, -0.05) is 12.8 Å². The molecule has 0 saturated heterocycles. The second kappa shape index (κ2) is 4.18. The average Bonchev–Trinajstić information content (AvgIpc) is 2.90. The summed E-state index contributed by atoms with van der Waals surface area (Å²) in [5.41, 5.74) is 1.30. The highest BCUT2D eigenvalue weighted by atomic mass is 16.3. The van der Waals surface area contributed by atoms with Crippen LogP contribution in [0.5, 0.6) is 0 Å². The fraction of sp³-hybridized carbons (Fsp3) is 0.667. The van der Waals surface area contributed by atoms with Gasteiger partial charge in [0.2, 0.25) is 0 Å². The van der Waals surface area contributed by atoms with Gasteiger partial charge in [0, 0.05) is 11.6 Å². The van der Waals surface area contributed by atoms with Gasteiger partial charge in [0.05, 0.1) is 6.26 Å². The quantitative estimate of drug-likeness (QED) is 0.777. The minimum Gasteiger partial charge on any atom is -0.469 e. The fourth-order valence-electron chi connectivity index (χ4n) is 1.93. The van der Waals surface area contributed by atoms with Crippen molar-refractivity contribution >= 4 is 0 Å². The molecule has 1 fully saturated rings. The third-order valence-electron chi connectivity index (χ3n) is 3.06. The normalized spacial score (nSPS) is 18.4. The number of hydrogen-bond acceptors (Lipinski definition) is 2. The van der Waals surface area contributed by atoms with Crippen molar-refractivity contribution in [1.82, 2.24) is 5.32 Å². The molecule has 1 aliphatic rings. The van der Waals surface area contributed by atoms with Gasteiger partial charge in [0.25, 0.3) is 0 Å². The lowest BCUT2D eigenvalue weighted by molar-refractivity contribution is 0.490. The summed E-state index contributed by atoms with van der Waals surface area (Å²) in [5, 5.41) is 3.35. The van der Waals surface area contributed by atoms with Gasteiger partial charge in [-0.05, 0) is 38.8 Å². The van der Waals surface area contributed by atoms with E-state index in [0.717, 1.165) is 11.7 Å². The molecule has 1 aliphatic carbocycles. The summed E-state index contributed by atoms with van der Waals surface area (Å²) in [6.07, 6.45) is 7.36. The van der Waals surface area contributed by atoms with Crippen molar-refractivity contribution in [3.8, 4) is 0 Å². The van der Waals surface area contributed by atoms with Crippen LogP contribution < -0.4 is 5.32 Å². The molecule has 0 bridgehead atoms. The molecule has 2 rings (SSSR count). The molecule has 1 N–H and O–H groups in total. The molecule has 0 aliphatic heterocycles. The van der Waals surface area contributed by atoms with Crippen LogP contribution in [0.15, 0.2) is 16.7 Å². The van der Waals surface area contributed by atoms with Crippen molar-refractivity contribution in [3.63, 3.8) is 0 Å². The van der Waals surface area contributed by atoms with Crippen LogP contribution in [0.2, 0.25) is 0 Å². The molecule has 1 aromatic heterocycles. The van der Waals surface area contributed by atoms with E-state index in [4.69, 9.17) is 4.42 Å². The summed E-state index contributed by atoms with van der Waals surface area (Å²) >= 11 is 0. The smallest absolute Gasteiger partial charge is 0.101 e. The molecular weight excluding hydrogens is 174 g/mol. The molecule has 78 valence electrons. The van der Waals surface area contributed by atoms with E-state index >= 15 is 0 Å². The Morgan fingerprint density at radius 3 is 2.86 bits per heavy atom. The van der Waals surface area contributed by atoms with E-state index in [1.54, 1.807) is 0 Å². The molecular formula is C12H19NO. The Bertz CT molecular complexity index is 288. The van der Waals surface area contributed by atoms with Crippen LogP contribution in [0.25, 0.3) is 0 Å². The van der Waals surface area contributed by atoms with Gasteiger partial charge in [-0.15, -0.1) is 0 Å². The Balaban J connectivity index is 1.90. The fourth-order valence-corrected chi connectivity index (χ4v) is 1.93. The molecule has 2 heteroatoms. The van der Waals surface area contributed by atoms with E-state index in [2.05, 4.69) is 11.4 Å². The Hall–Kier alpha value is -0.760. The van der Waals surface area contributed by atoms with Gasteiger partial charge in [-0.25, -0.2) is 0 Å². The predicted molar refractivity (Wildman–Crippen MR) is 57.2 cm³/mol. The SMILES string of the molecule is CNC(CCC1CC1)c1coc(C)c1. The summed E-state index contributed by atoms with van der Waals surface area (Å²) in [4.78, 5) is 0. The molecule has 0 aromatic carbocycles. The first kappa shape index (κ1) is 9.78. The molecule has 1 aromatic rings. The van der Waals surface area contributed by atoms with Gasteiger partial charge in [-0.3, -0.25) is 0 Å². The third-order valence-corrected chi connectivity index (χ3v) is 3.06. The van der Waals surface area contributed by atoms with Gasteiger partial charge in [-0.2, -0.15) is 0 Å². The lowest BCUT2D eigenvalue weighted by Gasteiger charge is -2.13. The van der Waals surface area contributed by atoms with Crippen molar-refractivity contribution < 1.29 is 4.42 Å². The number of hydrogen-bond donors (Lipinski definition) is 1. The Labute approximate surface area is 85.7 Å². The molecule has 0 radical (unpaired) electrons. The largest absolute Gasteiger partial charge is 0.469 e. The molecule has 2 nitrogen and oxygen atoms in total. The molecule has 0 spiro atoms. The van der Waals surface area contributed by atoms with Crippen molar-refractivity contribution in [3.05, 3.63) is 23.7 Å². The van der Waals surface area contributed by atoms with Crippen molar-refractivity contribution in [2.75, 3.05) is 7.05 Å². The lowest BCUT2D eigenvalue weighted by atomic mass is 10.0. The van der Waals surface area contributed by atoms with E-state index in [9.17, 15) is 0 Å². The molecule has 1 atom stereocenters. The zero-order chi connectivity index (χ0) is 9.97. The maximum absolute atomic E-state index is 5.33. The van der Waals surface area contributed by atoms with Crippen molar-refractivity contribution in [1.29, 1.82) is 0 Å². The second-order valence-electron chi connectivity index (χ2n) is 4.35. The van der Waals surface area contributed by atoms with E-state index in [1.807, 2.05) is 20.2 Å². The minimum atomic E-state index is 0.480. The Morgan fingerprint density at radius 1 is 1.57 bits per heavy atom. The lowest BCUT2D eigenvalue weighted by Crippen LogP contribution is -2.15. The van der Waals surface area contributed by atoms with E-state index in [-0.39, 0.29) is 0 Å². The first-order valence-electron chi connectivity index (χ1n) is 5.52. The topological polar surface area (TPSA) is 25.2 Å². The summed E-state index contributed by atoms with van der Waals surface area (Å²) in [5.74, 6) is 2.02. The first-order valence-corrected chi connectivity index (χ1v) is 5.52. The number of nitrogens with one attached hydrogen (secondary N) is 1. The van der Waals surface area contributed by atoms with Crippen LogP contribution in [-0.4, -0.2) is 7.05 Å². The van der Waals surface area contributed by atoms with E-state index in [1.165, 1.54) is 31.2 Å². The van der Waals surface area contributed by atoms with E-state index in [0.29, 0.717) is 6.04 Å². The predicted octanol–water partition coefficient (Wildman–Crippen LogP) is 3.04. The minimum absolute atomic E-state index is 0.480. The van der Waals surface area contributed by atoms with Crippen molar-refractivity contribution in [2.24, 2.45) is 5.92 Å². The van der Waals surface area contributed by atoms with Crippen LogP contribution in [-0.2, 0) is 0 Å². The second-order valence-corrected chi connectivity index (χ2v) is 4.35. The average molecular weight is 193 g/mol. The van der Waals surface area contributed by atoms with Crippen molar-refractivity contribution in [2.45, 2.75) is 38.6 Å². The molecule has 1 saturated carbocycles. The first-order chi connectivity index (χ1) is 6.79. The van der Waals surface area contributed by atoms with Crippen LogP contribution in [0.3, 0.4) is 0 Å². The number of aryl methyl sites for hydroxylation is 1. The van der Waals surface area contributed by atoms with Gasteiger partial charge >= 0.3 is 0 Å². The number of furan rings is 1. The monoisotopic (exact) mass is 193 g/mol. The highest BCUT2D eigenvalue weighted by molar-refractivity contribution is 5.16. The summed E-state index contributed by atoms with van der Waals surface area (Å²) in [6.45, 7) is 2.00. The number of rotatable bonds is 5. The van der Waals surface area contributed by atoms with Gasteiger partial charge in [0.15, 0.2) is 0 Å². The Morgan fingerprint density at radius 2 is 2.36 bits per heavy atom. The van der Waals surface area contributed by atoms with Crippen LogP contribution >= 0.6 is 0 Å². The zero-order valence-electron chi connectivity index (χ0n) is 9.05. The molecule has 14 heavy (non-hydrogen) atoms. The molecule has 1 unspecified atom stereocenters. The summed E-state index contributed by atoms with van der Waals surface area (Å²) in [7, 11) is 2.03.